The second-order valence-corrected chi connectivity index (χ2v) is 7.32. The van der Waals surface area contributed by atoms with E-state index in [-0.39, 0.29) is 11.8 Å². The molecule has 0 aliphatic rings. The van der Waals surface area contributed by atoms with Gasteiger partial charge in [-0.2, -0.15) is 9.97 Å². The van der Waals surface area contributed by atoms with Crippen LogP contribution in [-0.2, 0) is 0 Å². The smallest absolute Gasteiger partial charge is 0.320 e. The molecular weight excluding hydrogens is 386 g/mol. The maximum Gasteiger partial charge on any atom is 0.320 e. The molecule has 0 saturated carbocycles. The van der Waals surface area contributed by atoms with Crippen LogP contribution in [0.3, 0.4) is 0 Å². The average molecular weight is 407 g/mol. The van der Waals surface area contributed by atoms with Gasteiger partial charge in [0.2, 0.25) is 0 Å². The highest BCUT2D eigenvalue weighted by atomic mass is 16.5. The predicted octanol–water partition coefficient (Wildman–Crippen LogP) is 6.01. The molecule has 0 radical (unpaired) electrons. The lowest BCUT2D eigenvalue weighted by molar-refractivity contribution is 0.292. The van der Waals surface area contributed by atoms with E-state index in [1.54, 1.807) is 18.2 Å². The SMILES string of the molecule is CCCOc1nc(-c2ccccc2O)nc(-c2cc3ccccc3c3ccccc23)n1. The van der Waals surface area contributed by atoms with Gasteiger partial charge in [0.1, 0.15) is 5.75 Å². The molecule has 5 rings (SSSR count). The molecule has 5 heteroatoms. The first-order valence-corrected chi connectivity index (χ1v) is 10.3. The lowest BCUT2D eigenvalue weighted by Gasteiger charge is -2.12. The summed E-state index contributed by atoms with van der Waals surface area (Å²) in [5.41, 5.74) is 1.44. The Hall–Kier alpha value is -3.99. The van der Waals surface area contributed by atoms with Crippen molar-refractivity contribution in [1.29, 1.82) is 0 Å². The van der Waals surface area contributed by atoms with Gasteiger partial charge in [0.25, 0.3) is 0 Å². The Morgan fingerprint density at radius 3 is 2.13 bits per heavy atom. The Bertz CT molecular complexity index is 1400. The van der Waals surface area contributed by atoms with Crippen LogP contribution < -0.4 is 4.74 Å². The van der Waals surface area contributed by atoms with Crippen molar-refractivity contribution in [2.75, 3.05) is 6.61 Å². The molecule has 0 unspecified atom stereocenters. The topological polar surface area (TPSA) is 68.1 Å². The highest BCUT2D eigenvalue weighted by molar-refractivity contribution is 6.13. The van der Waals surface area contributed by atoms with Gasteiger partial charge < -0.3 is 9.84 Å². The van der Waals surface area contributed by atoms with Gasteiger partial charge >= 0.3 is 6.01 Å². The van der Waals surface area contributed by atoms with Crippen molar-refractivity contribution >= 4 is 21.5 Å². The number of hydrogen-bond donors (Lipinski definition) is 1. The number of aromatic hydroxyl groups is 1. The van der Waals surface area contributed by atoms with Crippen molar-refractivity contribution in [2.24, 2.45) is 0 Å². The molecule has 152 valence electrons. The summed E-state index contributed by atoms with van der Waals surface area (Å²) in [5, 5.41) is 14.8. The van der Waals surface area contributed by atoms with E-state index in [0.29, 0.717) is 23.8 Å². The summed E-state index contributed by atoms with van der Waals surface area (Å²) in [6.45, 7) is 2.53. The molecule has 0 fully saturated rings. The van der Waals surface area contributed by atoms with Gasteiger partial charge in [-0.3, -0.25) is 0 Å². The largest absolute Gasteiger partial charge is 0.507 e. The number of phenols is 1. The van der Waals surface area contributed by atoms with E-state index in [4.69, 9.17) is 9.72 Å². The Balaban J connectivity index is 1.79. The van der Waals surface area contributed by atoms with Crippen LogP contribution in [0.5, 0.6) is 11.8 Å². The molecule has 5 nitrogen and oxygen atoms in total. The monoisotopic (exact) mass is 407 g/mol. The maximum atomic E-state index is 10.4. The van der Waals surface area contributed by atoms with Gasteiger partial charge in [-0.15, -0.1) is 0 Å². The number of aromatic nitrogens is 3. The number of hydrogen-bond acceptors (Lipinski definition) is 5. The Morgan fingerprint density at radius 2 is 1.35 bits per heavy atom. The standard InChI is InChI=1S/C26H21N3O2/c1-2-15-31-26-28-24(21-13-7-8-14-23(21)30)27-25(29-26)22-16-17-9-3-4-10-18(17)19-11-5-6-12-20(19)22/h3-14,16,30H,2,15H2,1H3. The Labute approximate surface area is 180 Å². The molecule has 0 spiro atoms. The fourth-order valence-corrected chi connectivity index (χ4v) is 3.76. The molecule has 0 aliphatic heterocycles. The van der Waals surface area contributed by atoms with Gasteiger partial charge in [0, 0.05) is 5.56 Å². The lowest BCUT2D eigenvalue weighted by atomic mass is 9.97. The minimum atomic E-state index is 0.115. The molecule has 1 aromatic heterocycles. The van der Waals surface area contributed by atoms with Gasteiger partial charge in [-0.1, -0.05) is 67.6 Å². The van der Waals surface area contributed by atoms with Gasteiger partial charge in [-0.05, 0) is 46.2 Å². The van der Waals surface area contributed by atoms with Crippen LogP contribution in [0.1, 0.15) is 13.3 Å². The zero-order chi connectivity index (χ0) is 21.2. The quantitative estimate of drug-likeness (QED) is 0.362. The first kappa shape index (κ1) is 19.0. The number of benzene rings is 4. The van der Waals surface area contributed by atoms with E-state index in [2.05, 4.69) is 40.3 Å². The number of phenolic OH excluding ortho intramolecular Hbond substituents is 1. The number of rotatable bonds is 5. The Morgan fingerprint density at radius 1 is 0.710 bits per heavy atom. The summed E-state index contributed by atoms with van der Waals surface area (Å²) in [4.78, 5) is 13.8. The number of ether oxygens (including phenoxy) is 1. The number of para-hydroxylation sites is 1. The van der Waals surface area contributed by atoms with Crippen molar-refractivity contribution in [2.45, 2.75) is 13.3 Å². The fraction of sp³-hybridized carbons (Fsp3) is 0.115. The minimum absolute atomic E-state index is 0.115. The predicted molar refractivity (Wildman–Crippen MR) is 123 cm³/mol. The summed E-state index contributed by atoms with van der Waals surface area (Å²) >= 11 is 0. The minimum Gasteiger partial charge on any atom is -0.507 e. The van der Waals surface area contributed by atoms with Crippen molar-refractivity contribution < 1.29 is 9.84 Å². The molecule has 1 N–H and O–H groups in total. The molecule has 4 aromatic carbocycles. The first-order valence-electron chi connectivity index (χ1n) is 10.3. The second kappa shape index (κ2) is 8.03. The van der Waals surface area contributed by atoms with Crippen LogP contribution in [0.15, 0.2) is 78.9 Å². The highest BCUT2D eigenvalue weighted by Gasteiger charge is 2.16. The molecule has 0 aliphatic carbocycles. The van der Waals surface area contributed by atoms with Crippen LogP contribution in [0.25, 0.3) is 44.3 Å². The third kappa shape index (κ3) is 3.55. The van der Waals surface area contributed by atoms with Crippen LogP contribution >= 0.6 is 0 Å². The van der Waals surface area contributed by atoms with Crippen LogP contribution in [0, 0.1) is 0 Å². The number of nitrogens with zero attached hydrogens (tertiary/aromatic N) is 3. The van der Waals surface area contributed by atoms with E-state index in [1.807, 2.05) is 37.3 Å². The second-order valence-electron chi connectivity index (χ2n) is 7.32. The number of fused-ring (bicyclic) bond motifs is 3. The van der Waals surface area contributed by atoms with Crippen molar-refractivity contribution in [3.8, 4) is 34.5 Å². The third-order valence-corrected chi connectivity index (χ3v) is 5.20. The summed E-state index contributed by atoms with van der Waals surface area (Å²) in [7, 11) is 0. The summed E-state index contributed by atoms with van der Waals surface area (Å²) in [6, 6.07) is 25.9. The molecule has 1 heterocycles. The summed E-state index contributed by atoms with van der Waals surface area (Å²) in [5.74, 6) is 1.01. The summed E-state index contributed by atoms with van der Waals surface area (Å²) in [6.07, 6.45) is 0.839. The zero-order valence-corrected chi connectivity index (χ0v) is 17.1. The first-order chi connectivity index (χ1) is 15.2. The molecule has 0 saturated heterocycles. The third-order valence-electron chi connectivity index (χ3n) is 5.20. The van der Waals surface area contributed by atoms with E-state index in [0.717, 1.165) is 28.1 Å². The van der Waals surface area contributed by atoms with E-state index < -0.39 is 0 Å². The van der Waals surface area contributed by atoms with Crippen LogP contribution in [0.2, 0.25) is 0 Å². The maximum absolute atomic E-state index is 10.4. The van der Waals surface area contributed by atoms with Crippen molar-refractivity contribution in [3.63, 3.8) is 0 Å². The van der Waals surface area contributed by atoms with Crippen LogP contribution in [0.4, 0.5) is 0 Å². The lowest BCUT2D eigenvalue weighted by Crippen LogP contribution is -2.04. The molecule has 0 bridgehead atoms. The van der Waals surface area contributed by atoms with Crippen molar-refractivity contribution in [3.05, 3.63) is 78.9 Å². The molecular formula is C26H21N3O2. The fourth-order valence-electron chi connectivity index (χ4n) is 3.76. The molecule has 0 atom stereocenters. The molecule has 31 heavy (non-hydrogen) atoms. The van der Waals surface area contributed by atoms with Crippen LogP contribution in [-0.4, -0.2) is 26.7 Å². The van der Waals surface area contributed by atoms with E-state index in [1.165, 1.54) is 5.39 Å². The molecule has 5 aromatic rings. The van der Waals surface area contributed by atoms with E-state index >= 15 is 0 Å². The van der Waals surface area contributed by atoms with Crippen molar-refractivity contribution in [1.82, 2.24) is 15.0 Å². The van der Waals surface area contributed by atoms with Gasteiger partial charge in [-0.25, -0.2) is 4.98 Å². The van der Waals surface area contributed by atoms with E-state index in [9.17, 15) is 5.11 Å². The Kier molecular flexibility index (Phi) is 4.92. The zero-order valence-electron chi connectivity index (χ0n) is 17.1. The highest BCUT2D eigenvalue weighted by Crippen LogP contribution is 2.35. The van der Waals surface area contributed by atoms with Gasteiger partial charge in [0.05, 0.1) is 12.2 Å². The molecule has 0 amide bonds. The van der Waals surface area contributed by atoms with Gasteiger partial charge in [0.15, 0.2) is 11.6 Å². The summed E-state index contributed by atoms with van der Waals surface area (Å²) < 4.78 is 5.78. The normalized spacial score (nSPS) is 11.1. The average Bonchev–Trinajstić information content (AvgIpc) is 2.82.